The molecule has 1 aliphatic rings. The van der Waals surface area contributed by atoms with E-state index >= 15 is 0 Å². The maximum atomic E-state index is 5.28. The number of hydrogen-bond donors (Lipinski definition) is 0. The maximum absolute atomic E-state index is 5.28. The Bertz CT molecular complexity index is 91.1. The van der Waals surface area contributed by atoms with E-state index in [-0.39, 0.29) is 0 Å². The van der Waals surface area contributed by atoms with Gasteiger partial charge in [-0.3, -0.25) is 0 Å². The van der Waals surface area contributed by atoms with E-state index in [1.165, 1.54) is 13.4 Å². The van der Waals surface area contributed by atoms with Crippen LogP contribution in [0.25, 0.3) is 0 Å². The molecule has 0 spiro atoms. The Hall–Kier alpha value is 1.23. The van der Waals surface area contributed by atoms with Gasteiger partial charge in [0.05, 0.1) is 0 Å². The van der Waals surface area contributed by atoms with E-state index in [0.29, 0.717) is 0 Å². The van der Waals surface area contributed by atoms with Crippen molar-refractivity contribution >= 4 is 28.7 Å². The first-order chi connectivity index (χ1) is 4.27. The average molecular weight is 309 g/mol. The molecule has 0 atom stereocenters. The van der Waals surface area contributed by atoms with Gasteiger partial charge in [0.2, 0.25) is 0 Å². The molecule has 1 heterocycles. The summed E-state index contributed by atoms with van der Waals surface area (Å²) in [4.78, 5) is 0. The third-order valence-electron chi connectivity index (χ3n) is 1.70. The van der Waals surface area contributed by atoms with E-state index in [9.17, 15) is 0 Å². The van der Waals surface area contributed by atoms with Gasteiger partial charge in [-0.1, -0.05) is 0 Å². The van der Waals surface area contributed by atoms with Gasteiger partial charge in [0.15, 0.2) is 0 Å². The van der Waals surface area contributed by atoms with Crippen LogP contribution in [0.15, 0.2) is 0 Å². The van der Waals surface area contributed by atoms with Gasteiger partial charge in [0.1, 0.15) is 0 Å². The molecular formula is C6H13BrOTe. The number of hydrogen-bond acceptors (Lipinski definition) is 1. The van der Waals surface area contributed by atoms with Crippen LogP contribution in [0.5, 0.6) is 0 Å². The first-order valence-electron chi connectivity index (χ1n) is 3.30. The molecule has 9 heavy (non-hydrogen) atoms. The average Bonchev–Trinajstić information content (AvgIpc) is 1.90. The monoisotopic (exact) mass is 310 g/mol. The molecule has 1 fully saturated rings. The zero-order chi connectivity index (χ0) is 6.74. The SMILES string of the molecule is CC[Te]1(Br)CCOCC1. The van der Waals surface area contributed by atoms with Crippen molar-refractivity contribution < 1.29 is 4.74 Å². The molecule has 0 aromatic rings. The molecule has 1 aliphatic heterocycles. The summed E-state index contributed by atoms with van der Waals surface area (Å²) >= 11 is 2.49. The molecule has 0 aromatic heterocycles. The summed E-state index contributed by atoms with van der Waals surface area (Å²) < 4.78 is 9.41. The standard InChI is InChI=1S/C6H13BrOTe/c1-2-9(7)5-3-8-4-6-9/h2-6H2,1H3. The first kappa shape index (κ1) is 8.33. The second-order valence-corrected chi connectivity index (χ2v) is 20.8. The van der Waals surface area contributed by atoms with Crippen molar-refractivity contribution in [1.82, 2.24) is 0 Å². The van der Waals surface area contributed by atoms with Gasteiger partial charge in [-0.05, 0) is 0 Å². The van der Waals surface area contributed by atoms with E-state index in [2.05, 4.69) is 19.7 Å². The molecule has 56 valence electrons. The van der Waals surface area contributed by atoms with E-state index < -0.39 is 16.0 Å². The third-order valence-corrected chi connectivity index (χ3v) is 17.2. The van der Waals surface area contributed by atoms with Crippen LogP contribution in [-0.2, 0) is 4.74 Å². The van der Waals surface area contributed by atoms with Crippen molar-refractivity contribution in [3.63, 3.8) is 0 Å². The van der Waals surface area contributed by atoms with E-state index in [1.54, 1.807) is 0 Å². The van der Waals surface area contributed by atoms with Crippen molar-refractivity contribution in [3.8, 4) is 0 Å². The topological polar surface area (TPSA) is 9.23 Å². The number of rotatable bonds is 1. The van der Waals surface area contributed by atoms with Crippen molar-refractivity contribution in [2.45, 2.75) is 20.3 Å². The Balaban J connectivity index is 2.37. The van der Waals surface area contributed by atoms with Gasteiger partial charge in [-0.2, -0.15) is 0 Å². The zero-order valence-electron chi connectivity index (χ0n) is 5.73. The minimum absolute atomic E-state index is 1.01. The molecule has 0 aromatic carbocycles. The Morgan fingerprint density at radius 3 is 2.33 bits per heavy atom. The molecule has 0 bridgehead atoms. The zero-order valence-corrected chi connectivity index (χ0v) is 9.65. The van der Waals surface area contributed by atoms with Crippen LogP contribution in [-0.4, -0.2) is 29.2 Å². The van der Waals surface area contributed by atoms with Crippen LogP contribution < -0.4 is 0 Å². The van der Waals surface area contributed by atoms with Crippen molar-refractivity contribution in [2.24, 2.45) is 0 Å². The molecule has 0 aliphatic carbocycles. The summed E-state index contributed by atoms with van der Waals surface area (Å²) in [6.45, 7) is 4.33. The summed E-state index contributed by atoms with van der Waals surface area (Å²) in [5.41, 5.74) is 0. The summed E-state index contributed by atoms with van der Waals surface area (Å²) in [6.07, 6.45) is 0. The summed E-state index contributed by atoms with van der Waals surface area (Å²) in [5, 5.41) is 0. The predicted molar refractivity (Wildman–Crippen MR) is 45.6 cm³/mol. The molecule has 1 nitrogen and oxygen atoms in total. The second kappa shape index (κ2) is 3.57. The molecule has 0 radical (unpaired) electrons. The first-order valence-corrected chi connectivity index (χ1v) is 13.5. The van der Waals surface area contributed by atoms with Gasteiger partial charge in [-0.15, -0.1) is 0 Å². The Labute approximate surface area is 66.8 Å². The Kier molecular flexibility index (Phi) is 3.30. The van der Waals surface area contributed by atoms with Gasteiger partial charge < -0.3 is 0 Å². The van der Waals surface area contributed by atoms with Crippen LogP contribution >= 0.6 is 12.8 Å². The molecule has 3 heteroatoms. The van der Waals surface area contributed by atoms with Crippen molar-refractivity contribution in [3.05, 3.63) is 0 Å². The van der Waals surface area contributed by atoms with Crippen LogP contribution in [0.3, 0.4) is 0 Å². The van der Waals surface area contributed by atoms with E-state index in [4.69, 9.17) is 4.74 Å². The third kappa shape index (κ3) is 2.38. The van der Waals surface area contributed by atoms with Crippen LogP contribution in [0.1, 0.15) is 6.92 Å². The molecule has 1 rings (SSSR count). The van der Waals surface area contributed by atoms with Gasteiger partial charge >= 0.3 is 67.0 Å². The molecular weight excluding hydrogens is 296 g/mol. The summed E-state index contributed by atoms with van der Waals surface area (Å²) in [7, 11) is 0. The fourth-order valence-corrected chi connectivity index (χ4v) is 7.29. The van der Waals surface area contributed by atoms with Crippen LogP contribution in [0, 0.1) is 0 Å². The van der Waals surface area contributed by atoms with Gasteiger partial charge in [0, 0.05) is 0 Å². The molecule has 1 saturated heterocycles. The molecule has 0 unspecified atom stereocenters. The van der Waals surface area contributed by atoms with Crippen molar-refractivity contribution in [2.75, 3.05) is 13.2 Å². The fraction of sp³-hybridized carbons (Fsp3) is 1.00. The Morgan fingerprint density at radius 1 is 1.44 bits per heavy atom. The fourth-order valence-electron chi connectivity index (χ4n) is 0.909. The van der Waals surface area contributed by atoms with Gasteiger partial charge in [-0.25, -0.2) is 0 Å². The molecule has 0 N–H and O–H groups in total. The van der Waals surface area contributed by atoms with E-state index in [1.807, 2.05) is 0 Å². The Morgan fingerprint density at radius 2 is 2.00 bits per heavy atom. The van der Waals surface area contributed by atoms with Crippen LogP contribution in [0.2, 0.25) is 13.4 Å². The number of ether oxygens (including phenoxy) is 1. The quantitative estimate of drug-likeness (QED) is 0.676. The van der Waals surface area contributed by atoms with E-state index in [0.717, 1.165) is 13.2 Å². The number of halogens is 1. The van der Waals surface area contributed by atoms with Crippen LogP contribution in [0.4, 0.5) is 0 Å². The summed E-state index contributed by atoms with van der Waals surface area (Å²) in [6, 6.07) is 0. The van der Waals surface area contributed by atoms with Gasteiger partial charge in [0.25, 0.3) is 0 Å². The minimum atomic E-state index is -1.41. The predicted octanol–water partition coefficient (Wildman–Crippen LogP) is 2.38. The second-order valence-electron chi connectivity index (χ2n) is 2.25. The summed E-state index contributed by atoms with van der Waals surface area (Å²) in [5.74, 6) is 0. The molecule has 0 amide bonds. The molecule has 0 saturated carbocycles. The van der Waals surface area contributed by atoms with Crippen molar-refractivity contribution in [1.29, 1.82) is 0 Å². The normalized spacial score (nSPS) is 29.6.